The van der Waals surface area contributed by atoms with Crippen LogP contribution in [0, 0.1) is 11.7 Å². The Labute approximate surface area is 155 Å². The molecule has 136 valence electrons. The fourth-order valence-corrected chi connectivity index (χ4v) is 3.06. The van der Waals surface area contributed by atoms with Crippen molar-refractivity contribution in [2.75, 3.05) is 13.2 Å². The summed E-state index contributed by atoms with van der Waals surface area (Å²) in [5, 5.41) is 4.81. The molecule has 1 fully saturated rings. The lowest BCUT2D eigenvalue weighted by atomic mass is 10.0. The maximum atomic E-state index is 13.2. The molecule has 3 aromatic rings. The van der Waals surface area contributed by atoms with Crippen LogP contribution in [-0.4, -0.2) is 30.3 Å². The first-order chi connectivity index (χ1) is 13.2. The van der Waals surface area contributed by atoms with Gasteiger partial charge in [0.15, 0.2) is 0 Å². The lowest BCUT2D eigenvalue weighted by Gasteiger charge is -2.09. The van der Waals surface area contributed by atoms with Gasteiger partial charge in [0.1, 0.15) is 5.82 Å². The molecule has 1 aliphatic heterocycles. The topological polar surface area (TPSA) is 63.6 Å². The molecule has 0 spiro atoms. The van der Waals surface area contributed by atoms with Crippen molar-refractivity contribution in [3.63, 3.8) is 0 Å². The van der Waals surface area contributed by atoms with E-state index in [9.17, 15) is 9.18 Å². The summed E-state index contributed by atoms with van der Waals surface area (Å²) in [6, 6.07) is 15.2. The first-order valence-corrected chi connectivity index (χ1v) is 8.78. The van der Waals surface area contributed by atoms with Crippen LogP contribution in [0.3, 0.4) is 0 Å². The molecule has 2 heterocycles. The van der Waals surface area contributed by atoms with Crippen molar-refractivity contribution >= 4 is 23.0 Å². The summed E-state index contributed by atoms with van der Waals surface area (Å²) >= 11 is 0. The van der Waals surface area contributed by atoms with Crippen molar-refractivity contribution in [2.45, 2.75) is 6.42 Å². The summed E-state index contributed by atoms with van der Waals surface area (Å²) in [4.78, 5) is 17.3. The molecule has 2 aromatic carbocycles. The Morgan fingerprint density at radius 3 is 2.81 bits per heavy atom. The average molecular weight is 363 g/mol. The van der Waals surface area contributed by atoms with E-state index in [1.807, 2.05) is 24.3 Å². The number of fused-ring (bicyclic) bond motifs is 1. The summed E-state index contributed by atoms with van der Waals surface area (Å²) in [5.74, 6) is -0.399. The van der Waals surface area contributed by atoms with Crippen LogP contribution in [0.4, 0.5) is 4.39 Å². The van der Waals surface area contributed by atoms with E-state index in [0.29, 0.717) is 23.4 Å². The van der Waals surface area contributed by atoms with Crippen LogP contribution >= 0.6 is 0 Å². The van der Waals surface area contributed by atoms with Crippen LogP contribution < -0.4 is 5.43 Å². The van der Waals surface area contributed by atoms with Crippen LogP contribution in [0.2, 0.25) is 0 Å². The van der Waals surface area contributed by atoms with Gasteiger partial charge in [0.2, 0.25) is 0 Å². The number of ether oxygens (including phenoxy) is 1. The minimum absolute atomic E-state index is 0.231. The summed E-state index contributed by atoms with van der Waals surface area (Å²) < 4.78 is 18.5. The molecule has 1 amide bonds. The van der Waals surface area contributed by atoms with Gasteiger partial charge in [-0.3, -0.25) is 4.79 Å². The molecule has 0 radical (unpaired) electrons. The van der Waals surface area contributed by atoms with Crippen molar-refractivity contribution in [2.24, 2.45) is 11.0 Å². The molecule has 1 N–H and O–H groups in total. The van der Waals surface area contributed by atoms with Gasteiger partial charge in [0.05, 0.1) is 23.4 Å². The Balaban J connectivity index is 1.67. The number of halogens is 1. The molecule has 0 bridgehead atoms. The Morgan fingerprint density at radius 2 is 2.04 bits per heavy atom. The van der Waals surface area contributed by atoms with E-state index in [1.165, 1.54) is 12.1 Å². The number of hydrazone groups is 1. The Bertz CT molecular complexity index is 996. The Morgan fingerprint density at radius 1 is 1.22 bits per heavy atom. The standard InChI is InChI=1S/C21H18FN3O2/c22-16-7-5-15(6-8-16)20-11-18(17-3-1-2-4-19(17)24-20)21(26)25-23-12-14-9-10-27-13-14/h1-8,11-12,14H,9-10,13H2,(H,25,26)/b23-12+. The highest BCUT2D eigenvalue weighted by atomic mass is 19.1. The van der Waals surface area contributed by atoms with Gasteiger partial charge in [0, 0.05) is 29.7 Å². The third-order valence-corrected chi connectivity index (χ3v) is 4.52. The number of amides is 1. The van der Waals surface area contributed by atoms with E-state index in [4.69, 9.17) is 4.74 Å². The normalized spacial score (nSPS) is 16.9. The lowest BCUT2D eigenvalue weighted by Crippen LogP contribution is -2.19. The van der Waals surface area contributed by atoms with E-state index in [-0.39, 0.29) is 17.6 Å². The smallest absolute Gasteiger partial charge is 0.272 e. The molecule has 27 heavy (non-hydrogen) atoms. The number of benzene rings is 2. The largest absolute Gasteiger partial charge is 0.381 e. The molecule has 6 heteroatoms. The highest BCUT2D eigenvalue weighted by molar-refractivity contribution is 6.07. The number of aromatic nitrogens is 1. The molecular weight excluding hydrogens is 345 g/mol. The first kappa shape index (κ1) is 17.3. The summed E-state index contributed by atoms with van der Waals surface area (Å²) in [6.07, 6.45) is 2.63. The Hall–Kier alpha value is -3.12. The molecule has 5 nitrogen and oxygen atoms in total. The summed E-state index contributed by atoms with van der Waals surface area (Å²) in [7, 11) is 0. The second-order valence-electron chi connectivity index (χ2n) is 6.42. The molecule has 1 unspecified atom stereocenters. The lowest BCUT2D eigenvalue weighted by molar-refractivity contribution is 0.0956. The third kappa shape index (κ3) is 3.85. The predicted octanol–water partition coefficient (Wildman–Crippen LogP) is 3.79. The molecular formula is C21H18FN3O2. The number of hydrogen-bond donors (Lipinski definition) is 1. The molecule has 1 saturated heterocycles. The van der Waals surface area contributed by atoms with E-state index in [2.05, 4.69) is 15.5 Å². The van der Waals surface area contributed by atoms with Gasteiger partial charge in [0.25, 0.3) is 5.91 Å². The molecule has 1 atom stereocenters. The van der Waals surface area contributed by atoms with Crippen molar-refractivity contribution in [1.29, 1.82) is 0 Å². The molecule has 1 aliphatic rings. The fourth-order valence-electron chi connectivity index (χ4n) is 3.06. The zero-order chi connectivity index (χ0) is 18.6. The minimum atomic E-state index is -0.317. The zero-order valence-corrected chi connectivity index (χ0v) is 14.6. The van der Waals surface area contributed by atoms with Crippen molar-refractivity contribution in [3.8, 4) is 11.3 Å². The summed E-state index contributed by atoms with van der Waals surface area (Å²) in [6.45, 7) is 1.35. The number of carbonyl (C=O) groups is 1. The maximum Gasteiger partial charge on any atom is 0.272 e. The number of pyridine rings is 1. The fraction of sp³-hybridized carbons (Fsp3) is 0.190. The first-order valence-electron chi connectivity index (χ1n) is 8.78. The highest BCUT2D eigenvalue weighted by Gasteiger charge is 2.15. The van der Waals surface area contributed by atoms with Gasteiger partial charge in [-0.05, 0) is 42.8 Å². The average Bonchev–Trinajstić information content (AvgIpc) is 3.21. The van der Waals surface area contributed by atoms with Gasteiger partial charge in [-0.2, -0.15) is 5.10 Å². The van der Waals surface area contributed by atoms with E-state index >= 15 is 0 Å². The number of carbonyl (C=O) groups excluding carboxylic acids is 1. The second-order valence-corrected chi connectivity index (χ2v) is 6.42. The van der Waals surface area contributed by atoms with Crippen LogP contribution in [0.1, 0.15) is 16.8 Å². The van der Waals surface area contributed by atoms with Crippen LogP contribution in [0.5, 0.6) is 0 Å². The van der Waals surface area contributed by atoms with Crippen molar-refractivity contribution in [1.82, 2.24) is 10.4 Å². The van der Waals surface area contributed by atoms with Gasteiger partial charge in [-0.1, -0.05) is 18.2 Å². The quantitative estimate of drug-likeness (QED) is 0.567. The SMILES string of the molecule is O=C(N/N=C/C1CCOC1)c1cc(-c2ccc(F)cc2)nc2ccccc12. The maximum absolute atomic E-state index is 13.2. The molecule has 0 saturated carbocycles. The predicted molar refractivity (Wildman–Crippen MR) is 102 cm³/mol. The number of nitrogens with one attached hydrogen (secondary N) is 1. The molecule has 4 rings (SSSR count). The molecule has 1 aromatic heterocycles. The van der Waals surface area contributed by atoms with Crippen molar-refractivity contribution in [3.05, 3.63) is 66.0 Å². The Kier molecular flexibility index (Phi) is 4.89. The van der Waals surface area contributed by atoms with E-state index < -0.39 is 0 Å². The van der Waals surface area contributed by atoms with Gasteiger partial charge < -0.3 is 4.74 Å². The van der Waals surface area contributed by atoms with Crippen LogP contribution in [-0.2, 0) is 4.74 Å². The van der Waals surface area contributed by atoms with Crippen LogP contribution in [0.15, 0.2) is 59.7 Å². The van der Waals surface area contributed by atoms with Crippen molar-refractivity contribution < 1.29 is 13.9 Å². The highest BCUT2D eigenvalue weighted by Crippen LogP contribution is 2.25. The van der Waals surface area contributed by atoms with E-state index in [0.717, 1.165) is 24.0 Å². The van der Waals surface area contributed by atoms with Crippen LogP contribution in [0.25, 0.3) is 22.2 Å². The number of hydrogen-bond acceptors (Lipinski definition) is 4. The number of rotatable bonds is 4. The summed E-state index contributed by atoms with van der Waals surface area (Å²) in [5.41, 5.74) is 5.10. The molecule has 0 aliphatic carbocycles. The number of para-hydroxylation sites is 1. The van der Waals surface area contributed by atoms with Gasteiger partial charge in [-0.25, -0.2) is 14.8 Å². The second kappa shape index (κ2) is 7.63. The third-order valence-electron chi connectivity index (χ3n) is 4.52. The van der Waals surface area contributed by atoms with Gasteiger partial charge >= 0.3 is 0 Å². The van der Waals surface area contributed by atoms with E-state index in [1.54, 1.807) is 24.4 Å². The minimum Gasteiger partial charge on any atom is -0.381 e. The number of nitrogens with zero attached hydrogens (tertiary/aromatic N) is 2. The van der Waals surface area contributed by atoms with Gasteiger partial charge in [-0.15, -0.1) is 0 Å². The monoisotopic (exact) mass is 363 g/mol. The zero-order valence-electron chi connectivity index (χ0n) is 14.6.